The third kappa shape index (κ3) is 3.05. The molecule has 1 aliphatic heterocycles. The van der Waals surface area contributed by atoms with Crippen LogP contribution in [0, 0.1) is 6.92 Å². The molecule has 1 saturated heterocycles. The number of H-pyrrole nitrogens is 1. The van der Waals surface area contributed by atoms with E-state index in [1.807, 2.05) is 31.2 Å². The maximum Gasteiger partial charge on any atom is 0.340 e. The summed E-state index contributed by atoms with van der Waals surface area (Å²) in [5.74, 6) is 0.497. The molecule has 0 bridgehead atoms. The minimum atomic E-state index is -0.336. The summed E-state index contributed by atoms with van der Waals surface area (Å²) in [6.07, 6.45) is 3.71. The van der Waals surface area contributed by atoms with E-state index in [-0.39, 0.29) is 12.0 Å². The number of fused-ring (bicyclic) bond motifs is 1. The largest absolute Gasteiger partial charge is 0.460 e. The number of nitrogens with zero attached hydrogens (tertiary/aromatic N) is 4. The van der Waals surface area contributed by atoms with Crippen molar-refractivity contribution in [3.8, 4) is 0 Å². The van der Waals surface area contributed by atoms with E-state index in [0.717, 1.165) is 36.3 Å². The van der Waals surface area contributed by atoms with Gasteiger partial charge in [-0.2, -0.15) is 10.2 Å². The van der Waals surface area contributed by atoms with Crippen LogP contribution in [0.3, 0.4) is 0 Å². The zero-order valence-corrected chi connectivity index (χ0v) is 14.0. The number of esters is 1. The SMILES string of the molecule is Cc1ccc(N2CCCC2COC(=O)c2cccc3cn[nH]c23)nn1. The van der Waals surface area contributed by atoms with Crippen LogP contribution in [0.25, 0.3) is 10.9 Å². The van der Waals surface area contributed by atoms with Crippen LogP contribution >= 0.6 is 0 Å². The Labute approximate surface area is 145 Å². The number of carbonyl (C=O) groups is 1. The van der Waals surface area contributed by atoms with Crippen LogP contribution < -0.4 is 4.90 Å². The Bertz CT molecular complexity index is 890. The van der Waals surface area contributed by atoms with Crippen molar-refractivity contribution in [3.63, 3.8) is 0 Å². The van der Waals surface area contributed by atoms with Gasteiger partial charge in [-0.25, -0.2) is 4.79 Å². The molecule has 0 saturated carbocycles. The lowest BCUT2D eigenvalue weighted by molar-refractivity contribution is 0.0484. The van der Waals surface area contributed by atoms with Crippen molar-refractivity contribution in [3.05, 3.63) is 47.8 Å². The average molecular weight is 337 g/mol. The first-order chi connectivity index (χ1) is 12.2. The first-order valence-corrected chi connectivity index (χ1v) is 8.38. The summed E-state index contributed by atoms with van der Waals surface area (Å²) in [7, 11) is 0. The van der Waals surface area contributed by atoms with Gasteiger partial charge in [-0.1, -0.05) is 12.1 Å². The summed E-state index contributed by atoms with van der Waals surface area (Å²) in [5.41, 5.74) is 2.11. The fraction of sp³-hybridized carbons (Fsp3) is 0.333. The molecule has 7 heteroatoms. The molecular weight excluding hydrogens is 318 g/mol. The van der Waals surface area contributed by atoms with Gasteiger partial charge >= 0.3 is 5.97 Å². The quantitative estimate of drug-likeness (QED) is 0.736. The van der Waals surface area contributed by atoms with Gasteiger partial charge in [0.15, 0.2) is 5.82 Å². The number of carbonyl (C=O) groups excluding carboxylic acids is 1. The molecule has 1 aromatic carbocycles. The van der Waals surface area contributed by atoms with Crippen molar-refractivity contribution >= 4 is 22.7 Å². The summed E-state index contributed by atoms with van der Waals surface area (Å²) >= 11 is 0. The molecule has 0 radical (unpaired) electrons. The van der Waals surface area contributed by atoms with E-state index in [2.05, 4.69) is 25.3 Å². The highest BCUT2D eigenvalue weighted by Crippen LogP contribution is 2.24. The second-order valence-electron chi connectivity index (χ2n) is 6.26. The van der Waals surface area contributed by atoms with Crippen molar-refractivity contribution in [1.29, 1.82) is 0 Å². The lowest BCUT2D eigenvalue weighted by Gasteiger charge is -2.24. The number of ether oxygens (including phenoxy) is 1. The highest BCUT2D eigenvalue weighted by molar-refractivity contribution is 6.02. The Morgan fingerprint density at radius 2 is 2.24 bits per heavy atom. The average Bonchev–Trinajstić information content (AvgIpc) is 3.29. The fourth-order valence-electron chi connectivity index (χ4n) is 3.24. The van der Waals surface area contributed by atoms with Gasteiger partial charge in [0, 0.05) is 11.9 Å². The van der Waals surface area contributed by atoms with Crippen LogP contribution in [0.1, 0.15) is 28.9 Å². The monoisotopic (exact) mass is 337 g/mol. The number of hydrogen-bond donors (Lipinski definition) is 1. The van der Waals surface area contributed by atoms with Gasteiger partial charge < -0.3 is 9.64 Å². The molecule has 2 aromatic heterocycles. The molecule has 1 N–H and O–H groups in total. The Kier molecular flexibility index (Phi) is 4.05. The predicted octanol–water partition coefficient (Wildman–Crippen LogP) is 2.49. The van der Waals surface area contributed by atoms with E-state index >= 15 is 0 Å². The summed E-state index contributed by atoms with van der Waals surface area (Å²) in [5, 5.41) is 16.1. The van der Waals surface area contributed by atoms with Crippen LogP contribution in [-0.4, -0.2) is 45.6 Å². The first-order valence-electron chi connectivity index (χ1n) is 8.38. The molecule has 1 atom stereocenters. The van der Waals surface area contributed by atoms with Crippen molar-refractivity contribution in [2.75, 3.05) is 18.1 Å². The second kappa shape index (κ2) is 6.51. The van der Waals surface area contributed by atoms with Crippen molar-refractivity contribution in [2.24, 2.45) is 0 Å². The molecule has 4 rings (SSSR count). The molecule has 3 heterocycles. The maximum atomic E-state index is 12.5. The highest BCUT2D eigenvalue weighted by atomic mass is 16.5. The number of benzene rings is 1. The summed E-state index contributed by atoms with van der Waals surface area (Å²) < 4.78 is 5.59. The van der Waals surface area contributed by atoms with Gasteiger partial charge in [0.1, 0.15) is 6.61 Å². The number of aromatic nitrogens is 4. The van der Waals surface area contributed by atoms with E-state index in [1.54, 1.807) is 12.3 Å². The summed E-state index contributed by atoms with van der Waals surface area (Å²) in [4.78, 5) is 14.6. The van der Waals surface area contributed by atoms with Crippen LogP contribution in [-0.2, 0) is 4.74 Å². The lowest BCUT2D eigenvalue weighted by atomic mass is 10.1. The molecule has 1 unspecified atom stereocenters. The van der Waals surface area contributed by atoms with E-state index in [4.69, 9.17) is 4.74 Å². The van der Waals surface area contributed by atoms with E-state index in [1.165, 1.54) is 0 Å². The normalized spacial score (nSPS) is 17.2. The number of rotatable bonds is 4. The molecule has 3 aromatic rings. The standard InChI is InChI=1S/C18H19N5O2/c1-12-7-8-16(21-20-12)23-9-3-5-14(23)11-25-18(24)15-6-2-4-13-10-19-22-17(13)15/h2,4,6-8,10,14H,3,5,9,11H2,1H3,(H,19,22). The van der Waals surface area contributed by atoms with Gasteiger partial charge in [0.2, 0.25) is 0 Å². The van der Waals surface area contributed by atoms with Gasteiger partial charge in [-0.15, -0.1) is 5.10 Å². The zero-order chi connectivity index (χ0) is 17.2. The minimum absolute atomic E-state index is 0.127. The molecule has 0 spiro atoms. The van der Waals surface area contributed by atoms with Crippen molar-refractivity contribution in [1.82, 2.24) is 20.4 Å². The zero-order valence-electron chi connectivity index (χ0n) is 14.0. The minimum Gasteiger partial charge on any atom is -0.460 e. The van der Waals surface area contributed by atoms with Crippen LogP contribution in [0.15, 0.2) is 36.5 Å². The molecule has 0 amide bonds. The first kappa shape index (κ1) is 15.6. The third-order valence-corrected chi connectivity index (χ3v) is 4.56. The number of hydrogen-bond acceptors (Lipinski definition) is 6. The highest BCUT2D eigenvalue weighted by Gasteiger charge is 2.27. The predicted molar refractivity (Wildman–Crippen MR) is 93.5 cm³/mol. The number of nitrogens with one attached hydrogen (secondary N) is 1. The third-order valence-electron chi connectivity index (χ3n) is 4.56. The van der Waals surface area contributed by atoms with E-state index in [0.29, 0.717) is 17.7 Å². The van der Waals surface area contributed by atoms with Crippen LogP contribution in [0.4, 0.5) is 5.82 Å². The molecule has 0 aliphatic carbocycles. The maximum absolute atomic E-state index is 12.5. The summed E-state index contributed by atoms with van der Waals surface area (Å²) in [6.45, 7) is 3.14. The van der Waals surface area contributed by atoms with Crippen LogP contribution in [0.2, 0.25) is 0 Å². The Morgan fingerprint density at radius 1 is 1.32 bits per heavy atom. The number of anilines is 1. The molecular formula is C18H19N5O2. The van der Waals surface area contributed by atoms with Gasteiger partial charge in [0.05, 0.1) is 29.0 Å². The molecule has 7 nitrogen and oxygen atoms in total. The van der Waals surface area contributed by atoms with Gasteiger partial charge in [-0.3, -0.25) is 5.10 Å². The van der Waals surface area contributed by atoms with E-state index < -0.39 is 0 Å². The molecule has 1 aliphatic rings. The summed E-state index contributed by atoms with van der Waals surface area (Å²) in [6, 6.07) is 9.53. The van der Waals surface area contributed by atoms with E-state index in [9.17, 15) is 4.79 Å². The van der Waals surface area contributed by atoms with Crippen LogP contribution in [0.5, 0.6) is 0 Å². The lowest BCUT2D eigenvalue weighted by Crippen LogP contribution is -2.34. The molecule has 128 valence electrons. The molecule has 1 fully saturated rings. The fourth-order valence-corrected chi connectivity index (χ4v) is 3.24. The van der Waals surface area contributed by atoms with Gasteiger partial charge in [-0.05, 0) is 38.0 Å². The Hall–Kier alpha value is -2.96. The molecule has 25 heavy (non-hydrogen) atoms. The number of aromatic amines is 1. The Morgan fingerprint density at radius 3 is 3.08 bits per heavy atom. The number of aryl methyl sites for hydroxylation is 1. The second-order valence-corrected chi connectivity index (χ2v) is 6.26. The topological polar surface area (TPSA) is 84.0 Å². The number of para-hydroxylation sites is 1. The Balaban J connectivity index is 1.46. The smallest absolute Gasteiger partial charge is 0.340 e. The van der Waals surface area contributed by atoms with Crippen molar-refractivity contribution in [2.45, 2.75) is 25.8 Å². The van der Waals surface area contributed by atoms with Crippen molar-refractivity contribution < 1.29 is 9.53 Å². The van der Waals surface area contributed by atoms with Gasteiger partial charge in [0.25, 0.3) is 0 Å².